The molecule has 100 valence electrons. The zero-order valence-electron chi connectivity index (χ0n) is 10.9. The van der Waals surface area contributed by atoms with Crippen LogP contribution in [0.2, 0.25) is 0 Å². The van der Waals surface area contributed by atoms with Gasteiger partial charge in [-0.15, -0.1) is 0 Å². The fourth-order valence-electron chi connectivity index (χ4n) is 1.90. The standard InChI is InChI=1S/C14H12FN5/c1-20(8-12-4-5-16-9-18-12)14-17-7-10-2-3-11(15)6-13(10)19-14/h2-7,9H,8H2,1H3. The van der Waals surface area contributed by atoms with Crippen molar-refractivity contribution >= 4 is 16.9 Å². The van der Waals surface area contributed by atoms with Crippen molar-refractivity contribution in [2.75, 3.05) is 11.9 Å². The normalized spacial score (nSPS) is 10.7. The second-order valence-electron chi connectivity index (χ2n) is 4.43. The zero-order valence-corrected chi connectivity index (χ0v) is 10.9. The smallest absolute Gasteiger partial charge is 0.225 e. The monoisotopic (exact) mass is 269 g/mol. The first-order chi connectivity index (χ1) is 9.72. The molecule has 0 amide bonds. The molecular formula is C14H12FN5. The summed E-state index contributed by atoms with van der Waals surface area (Å²) in [6, 6.07) is 6.30. The summed E-state index contributed by atoms with van der Waals surface area (Å²) in [5.41, 5.74) is 1.45. The van der Waals surface area contributed by atoms with Crippen LogP contribution < -0.4 is 4.90 Å². The van der Waals surface area contributed by atoms with Gasteiger partial charge in [0.1, 0.15) is 12.1 Å². The molecule has 6 heteroatoms. The molecule has 0 aliphatic heterocycles. The first kappa shape index (κ1) is 12.4. The first-order valence-corrected chi connectivity index (χ1v) is 6.11. The third-order valence-corrected chi connectivity index (χ3v) is 2.92. The number of anilines is 1. The summed E-state index contributed by atoms with van der Waals surface area (Å²) in [6.07, 6.45) is 4.88. The Kier molecular flexibility index (Phi) is 3.20. The van der Waals surface area contributed by atoms with Crippen LogP contribution in [0.15, 0.2) is 43.0 Å². The number of rotatable bonds is 3. The van der Waals surface area contributed by atoms with Gasteiger partial charge in [-0.2, -0.15) is 0 Å². The van der Waals surface area contributed by atoms with Crippen LogP contribution >= 0.6 is 0 Å². The summed E-state index contributed by atoms with van der Waals surface area (Å²) in [5, 5.41) is 0.811. The maximum Gasteiger partial charge on any atom is 0.225 e. The lowest BCUT2D eigenvalue weighted by Crippen LogP contribution is -2.19. The molecule has 0 saturated carbocycles. The van der Waals surface area contributed by atoms with E-state index < -0.39 is 0 Å². The second-order valence-corrected chi connectivity index (χ2v) is 4.43. The van der Waals surface area contributed by atoms with E-state index in [1.165, 1.54) is 18.5 Å². The molecule has 3 aromatic rings. The van der Waals surface area contributed by atoms with E-state index in [1.54, 1.807) is 18.5 Å². The summed E-state index contributed by atoms with van der Waals surface area (Å²) >= 11 is 0. The van der Waals surface area contributed by atoms with Crippen molar-refractivity contribution in [2.24, 2.45) is 0 Å². The van der Waals surface area contributed by atoms with Crippen molar-refractivity contribution in [2.45, 2.75) is 6.54 Å². The van der Waals surface area contributed by atoms with Gasteiger partial charge in [0, 0.05) is 30.9 Å². The van der Waals surface area contributed by atoms with Crippen LogP contribution in [0.3, 0.4) is 0 Å². The second kappa shape index (κ2) is 5.16. The Hall–Kier alpha value is -2.63. The number of fused-ring (bicyclic) bond motifs is 1. The van der Waals surface area contributed by atoms with Crippen molar-refractivity contribution in [1.29, 1.82) is 0 Å². The zero-order chi connectivity index (χ0) is 13.9. The topological polar surface area (TPSA) is 54.8 Å². The van der Waals surface area contributed by atoms with Crippen LogP contribution in [0, 0.1) is 5.82 Å². The molecule has 0 fully saturated rings. The highest BCUT2D eigenvalue weighted by molar-refractivity contribution is 5.78. The lowest BCUT2D eigenvalue weighted by atomic mass is 10.2. The Morgan fingerprint density at radius 2 is 2.10 bits per heavy atom. The summed E-state index contributed by atoms with van der Waals surface area (Å²) in [7, 11) is 1.86. The highest BCUT2D eigenvalue weighted by Crippen LogP contribution is 2.16. The SMILES string of the molecule is CN(Cc1ccncn1)c1ncc2ccc(F)cc2n1. The largest absolute Gasteiger partial charge is 0.338 e. The van der Waals surface area contributed by atoms with Crippen molar-refractivity contribution in [3.63, 3.8) is 0 Å². The van der Waals surface area contributed by atoms with Gasteiger partial charge in [-0.05, 0) is 18.2 Å². The van der Waals surface area contributed by atoms with E-state index in [0.29, 0.717) is 18.0 Å². The Labute approximate surface area is 115 Å². The summed E-state index contributed by atoms with van der Waals surface area (Å²) in [5.74, 6) is 0.224. The third-order valence-electron chi connectivity index (χ3n) is 2.92. The summed E-state index contributed by atoms with van der Waals surface area (Å²) in [6.45, 7) is 0.559. The van der Waals surface area contributed by atoms with Gasteiger partial charge in [0.05, 0.1) is 17.8 Å². The van der Waals surface area contributed by atoms with Crippen molar-refractivity contribution in [3.05, 3.63) is 54.5 Å². The van der Waals surface area contributed by atoms with Crippen LogP contribution in [0.4, 0.5) is 10.3 Å². The molecule has 0 N–H and O–H groups in total. The van der Waals surface area contributed by atoms with Gasteiger partial charge in [-0.3, -0.25) is 0 Å². The fraction of sp³-hybridized carbons (Fsp3) is 0.143. The molecule has 3 rings (SSSR count). The number of halogens is 1. The minimum atomic E-state index is -0.305. The lowest BCUT2D eigenvalue weighted by Gasteiger charge is -2.16. The maximum atomic E-state index is 13.2. The quantitative estimate of drug-likeness (QED) is 0.729. The molecule has 0 saturated heterocycles. The van der Waals surface area contributed by atoms with Crippen molar-refractivity contribution < 1.29 is 4.39 Å². The minimum Gasteiger partial charge on any atom is -0.338 e. The average Bonchev–Trinajstić information content (AvgIpc) is 2.47. The van der Waals surface area contributed by atoms with E-state index in [2.05, 4.69) is 19.9 Å². The molecule has 0 bridgehead atoms. The Bertz CT molecular complexity index is 732. The van der Waals surface area contributed by atoms with Crippen molar-refractivity contribution in [3.8, 4) is 0 Å². The fourth-order valence-corrected chi connectivity index (χ4v) is 1.90. The van der Waals surface area contributed by atoms with Gasteiger partial charge < -0.3 is 4.90 Å². The first-order valence-electron chi connectivity index (χ1n) is 6.11. The molecule has 0 radical (unpaired) electrons. The van der Waals surface area contributed by atoms with E-state index in [0.717, 1.165) is 11.1 Å². The molecule has 0 spiro atoms. The van der Waals surface area contributed by atoms with Gasteiger partial charge in [0.15, 0.2) is 0 Å². The highest BCUT2D eigenvalue weighted by atomic mass is 19.1. The van der Waals surface area contributed by atoms with Gasteiger partial charge in [0.25, 0.3) is 0 Å². The number of hydrogen-bond acceptors (Lipinski definition) is 5. The van der Waals surface area contributed by atoms with Crippen LogP contribution in [0.25, 0.3) is 10.9 Å². The van der Waals surface area contributed by atoms with Gasteiger partial charge >= 0.3 is 0 Å². The number of aromatic nitrogens is 4. The predicted molar refractivity (Wildman–Crippen MR) is 73.6 cm³/mol. The van der Waals surface area contributed by atoms with Gasteiger partial charge in [-0.1, -0.05) is 0 Å². The third kappa shape index (κ3) is 2.54. The van der Waals surface area contributed by atoms with E-state index >= 15 is 0 Å². The van der Waals surface area contributed by atoms with Gasteiger partial charge in [0.2, 0.25) is 5.95 Å². The van der Waals surface area contributed by atoms with Crippen LogP contribution in [0.1, 0.15) is 5.69 Å². The predicted octanol–water partition coefficient (Wildman–Crippen LogP) is 2.20. The molecule has 20 heavy (non-hydrogen) atoms. The van der Waals surface area contributed by atoms with E-state index in [4.69, 9.17) is 0 Å². The van der Waals surface area contributed by atoms with Crippen LogP contribution in [-0.2, 0) is 6.54 Å². The Morgan fingerprint density at radius 3 is 2.90 bits per heavy atom. The minimum absolute atomic E-state index is 0.305. The van der Waals surface area contributed by atoms with E-state index in [9.17, 15) is 4.39 Å². The van der Waals surface area contributed by atoms with Crippen LogP contribution in [-0.4, -0.2) is 27.0 Å². The number of benzene rings is 1. The van der Waals surface area contributed by atoms with Crippen molar-refractivity contribution in [1.82, 2.24) is 19.9 Å². The summed E-state index contributed by atoms with van der Waals surface area (Å²) < 4.78 is 13.2. The molecule has 0 aliphatic carbocycles. The molecular weight excluding hydrogens is 257 g/mol. The molecule has 2 heterocycles. The van der Waals surface area contributed by atoms with Gasteiger partial charge in [-0.25, -0.2) is 24.3 Å². The maximum absolute atomic E-state index is 13.2. The Balaban J connectivity index is 1.89. The number of hydrogen-bond donors (Lipinski definition) is 0. The van der Waals surface area contributed by atoms with E-state index in [1.807, 2.05) is 18.0 Å². The average molecular weight is 269 g/mol. The number of nitrogens with zero attached hydrogens (tertiary/aromatic N) is 5. The molecule has 0 atom stereocenters. The summed E-state index contributed by atoms with van der Waals surface area (Å²) in [4.78, 5) is 18.5. The molecule has 0 unspecified atom stereocenters. The molecule has 5 nitrogen and oxygen atoms in total. The lowest BCUT2D eigenvalue weighted by molar-refractivity contribution is 0.629. The van der Waals surface area contributed by atoms with Crippen LogP contribution in [0.5, 0.6) is 0 Å². The molecule has 1 aromatic carbocycles. The molecule has 0 aliphatic rings. The molecule has 2 aromatic heterocycles. The highest BCUT2D eigenvalue weighted by Gasteiger charge is 2.07. The van der Waals surface area contributed by atoms with E-state index in [-0.39, 0.29) is 5.82 Å². The Morgan fingerprint density at radius 1 is 1.20 bits per heavy atom.